The number of nitrogens with one attached hydrogen (secondary N) is 1. The van der Waals surface area contributed by atoms with Crippen LogP contribution in [0.15, 0.2) is 54.6 Å². The van der Waals surface area contributed by atoms with Gasteiger partial charge in [-0.25, -0.2) is 0 Å². The van der Waals surface area contributed by atoms with Gasteiger partial charge in [-0.1, -0.05) is 42.5 Å². The van der Waals surface area contributed by atoms with Crippen LogP contribution in [0.2, 0.25) is 0 Å². The fourth-order valence-corrected chi connectivity index (χ4v) is 2.67. The normalized spacial score (nSPS) is 17.6. The van der Waals surface area contributed by atoms with Crippen LogP contribution in [0.25, 0.3) is 0 Å². The van der Waals surface area contributed by atoms with Crippen molar-refractivity contribution in [2.75, 3.05) is 13.1 Å². The molecule has 2 aromatic carbocycles. The van der Waals surface area contributed by atoms with Gasteiger partial charge >= 0.3 is 5.97 Å². The van der Waals surface area contributed by atoms with Gasteiger partial charge in [-0.3, -0.25) is 4.79 Å². The Morgan fingerprint density at radius 2 is 1.86 bits per heavy atom. The molecule has 2 aromatic rings. The highest BCUT2D eigenvalue weighted by molar-refractivity contribution is 5.75. The summed E-state index contributed by atoms with van der Waals surface area (Å²) >= 11 is 0. The fraction of sp³-hybridized carbons (Fsp3) is 0.278. The molecule has 0 aliphatic carbocycles. The number of carbonyl (C=O) groups excluding carboxylic acids is 1. The first-order chi connectivity index (χ1) is 10.3. The molecule has 3 heteroatoms. The lowest BCUT2D eigenvalue weighted by molar-refractivity contribution is -0.133. The molecule has 1 N–H and O–H groups in total. The summed E-state index contributed by atoms with van der Waals surface area (Å²) < 4.78 is 5.30. The summed E-state index contributed by atoms with van der Waals surface area (Å²) in [6.45, 7) is 2.14. The third-order valence-electron chi connectivity index (χ3n) is 3.83. The maximum Gasteiger partial charge on any atom is 0.315 e. The van der Waals surface area contributed by atoms with Crippen LogP contribution in [0.5, 0.6) is 5.75 Å². The molecule has 1 aliphatic heterocycles. The second-order valence-electron chi connectivity index (χ2n) is 5.40. The van der Waals surface area contributed by atoms with E-state index < -0.39 is 0 Å². The van der Waals surface area contributed by atoms with E-state index in [1.807, 2.05) is 30.3 Å². The van der Waals surface area contributed by atoms with E-state index in [4.69, 9.17) is 4.74 Å². The third-order valence-corrected chi connectivity index (χ3v) is 3.83. The number of carbonyl (C=O) groups is 1. The summed E-state index contributed by atoms with van der Waals surface area (Å²) in [4.78, 5) is 11.9. The molecule has 108 valence electrons. The standard InChI is InChI=1S/C18H19NO2/c20-18(21-17-4-2-1-3-5-17)12-14-6-8-15(9-7-14)16-10-11-19-13-16/h1-9,16,19H,10-13H2. The lowest BCUT2D eigenvalue weighted by Crippen LogP contribution is -2.11. The molecule has 0 saturated carbocycles. The molecule has 0 radical (unpaired) electrons. The van der Waals surface area contributed by atoms with E-state index in [-0.39, 0.29) is 5.97 Å². The zero-order valence-electron chi connectivity index (χ0n) is 11.9. The third kappa shape index (κ3) is 3.70. The number of benzene rings is 2. The average Bonchev–Trinajstić information content (AvgIpc) is 3.03. The Labute approximate surface area is 124 Å². The molecule has 1 atom stereocenters. The first-order valence-electron chi connectivity index (χ1n) is 7.36. The van der Waals surface area contributed by atoms with Crippen LogP contribution in [0.4, 0.5) is 0 Å². The molecule has 1 aliphatic rings. The molecular weight excluding hydrogens is 262 g/mol. The quantitative estimate of drug-likeness (QED) is 0.692. The van der Waals surface area contributed by atoms with Crippen LogP contribution in [0.3, 0.4) is 0 Å². The van der Waals surface area contributed by atoms with Crippen LogP contribution < -0.4 is 10.1 Å². The van der Waals surface area contributed by atoms with E-state index in [0.29, 0.717) is 18.1 Å². The van der Waals surface area contributed by atoms with Crippen LogP contribution in [0.1, 0.15) is 23.5 Å². The number of ether oxygens (including phenoxy) is 1. The lowest BCUT2D eigenvalue weighted by Gasteiger charge is -2.09. The van der Waals surface area contributed by atoms with Gasteiger partial charge in [-0.2, -0.15) is 0 Å². The summed E-state index contributed by atoms with van der Waals surface area (Å²) in [5.41, 5.74) is 2.34. The van der Waals surface area contributed by atoms with E-state index in [9.17, 15) is 4.79 Å². The van der Waals surface area contributed by atoms with Gasteiger partial charge in [0.25, 0.3) is 0 Å². The summed E-state index contributed by atoms with van der Waals surface area (Å²) in [6, 6.07) is 17.5. The second-order valence-corrected chi connectivity index (χ2v) is 5.40. The van der Waals surface area contributed by atoms with Crippen molar-refractivity contribution < 1.29 is 9.53 Å². The van der Waals surface area contributed by atoms with Crippen molar-refractivity contribution in [2.24, 2.45) is 0 Å². The molecular formula is C18H19NO2. The molecule has 21 heavy (non-hydrogen) atoms. The molecule has 1 saturated heterocycles. The fourth-order valence-electron chi connectivity index (χ4n) is 2.67. The highest BCUT2D eigenvalue weighted by Gasteiger charge is 2.16. The lowest BCUT2D eigenvalue weighted by atomic mass is 9.97. The van der Waals surface area contributed by atoms with E-state index >= 15 is 0 Å². The molecule has 1 heterocycles. The van der Waals surface area contributed by atoms with Gasteiger partial charge in [-0.15, -0.1) is 0 Å². The number of hydrogen-bond donors (Lipinski definition) is 1. The minimum absolute atomic E-state index is 0.225. The molecule has 1 fully saturated rings. The Morgan fingerprint density at radius 3 is 2.52 bits per heavy atom. The molecule has 0 amide bonds. The topological polar surface area (TPSA) is 38.3 Å². The summed E-state index contributed by atoms with van der Waals surface area (Å²) in [5, 5.41) is 3.37. The summed E-state index contributed by atoms with van der Waals surface area (Å²) in [6.07, 6.45) is 1.49. The summed E-state index contributed by atoms with van der Waals surface area (Å²) in [7, 11) is 0. The van der Waals surface area contributed by atoms with E-state index in [1.54, 1.807) is 12.1 Å². The van der Waals surface area contributed by atoms with E-state index in [2.05, 4.69) is 17.4 Å². The van der Waals surface area contributed by atoms with Crippen molar-refractivity contribution in [3.63, 3.8) is 0 Å². The Hall–Kier alpha value is -2.13. The Morgan fingerprint density at radius 1 is 1.10 bits per heavy atom. The van der Waals surface area contributed by atoms with Crippen LogP contribution in [0, 0.1) is 0 Å². The largest absolute Gasteiger partial charge is 0.426 e. The van der Waals surface area contributed by atoms with E-state index in [0.717, 1.165) is 18.7 Å². The second kappa shape index (κ2) is 6.55. The van der Waals surface area contributed by atoms with Crippen molar-refractivity contribution in [3.8, 4) is 5.75 Å². The van der Waals surface area contributed by atoms with Crippen molar-refractivity contribution in [2.45, 2.75) is 18.8 Å². The zero-order chi connectivity index (χ0) is 14.5. The smallest absolute Gasteiger partial charge is 0.315 e. The minimum atomic E-state index is -0.225. The molecule has 0 aromatic heterocycles. The minimum Gasteiger partial charge on any atom is -0.426 e. The SMILES string of the molecule is O=C(Cc1ccc(C2CCNC2)cc1)Oc1ccccc1. The highest BCUT2D eigenvalue weighted by atomic mass is 16.5. The Kier molecular flexibility index (Phi) is 4.31. The Balaban J connectivity index is 1.58. The van der Waals surface area contributed by atoms with Gasteiger partial charge in [0.1, 0.15) is 5.75 Å². The number of esters is 1. The van der Waals surface area contributed by atoms with Gasteiger partial charge in [0.05, 0.1) is 6.42 Å². The highest BCUT2D eigenvalue weighted by Crippen LogP contribution is 2.22. The van der Waals surface area contributed by atoms with Crippen LogP contribution >= 0.6 is 0 Å². The maximum atomic E-state index is 11.9. The molecule has 1 unspecified atom stereocenters. The molecule has 3 rings (SSSR count). The Bertz CT molecular complexity index is 586. The molecule has 0 spiro atoms. The van der Waals surface area contributed by atoms with Gasteiger partial charge in [0.2, 0.25) is 0 Å². The number of hydrogen-bond acceptors (Lipinski definition) is 3. The first-order valence-corrected chi connectivity index (χ1v) is 7.36. The number of rotatable bonds is 4. The average molecular weight is 281 g/mol. The van der Waals surface area contributed by atoms with Gasteiger partial charge in [0, 0.05) is 6.54 Å². The van der Waals surface area contributed by atoms with Crippen molar-refractivity contribution in [1.29, 1.82) is 0 Å². The van der Waals surface area contributed by atoms with Gasteiger partial charge in [0.15, 0.2) is 0 Å². The monoisotopic (exact) mass is 281 g/mol. The zero-order valence-corrected chi connectivity index (χ0v) is 11.9. The van der Waals surface area contributed by atoms with Crippen LogP contribution in [-0.4, -0.2) is 19.1 Å². The summed E-state index contributed by atoms with van der Waals surface area (Å²) in [5.74, 6) is 0.975. The molecule has 3 nitrogen and oxygen atoms in total. The number of para-hydroxylation sites is 1. The van der Waals surface area contributed by atoms with Crippen molar-refractivity contribution >= 4 is 5.97 Å². The van der Waals surface area contributed by atoms with Crippen molar-refractivity contribution in [3.05, 3.63) is 65.7 Å². The first kappa shape index (κ1) is 13.8. The maximum absolute atomic E-state index is 11.9. The predicted octanol–water partition coefficient (Wildman–Crippen LogP) is 2.91. The van der Waals surface area contributed by atoms with E-state index in [1.165, 1.54) is 12.0 Å². The van der Waals surface area contributed by atoms with Crippen molar-refractivity contribution in [1.82, 2.24) is 5.32 Å². The van der Waals surface area contributed by atoms with Crippen LogP contribution in [-0.2, 0) is 11.2 Å². The van der Waals surface area contributed by atoms with Gasteiger partial charge < -0.3 is 10.1 Å². The van der Waals surface area contributed by atoms with Gasteiger partial charge in [-0.05, 0) is 42.1 Å². The molecule has 0 bridgehead atoms. The predicted molar refractivity (Wildman–Crippen MR) is 82.5 cm³/mol.